The van der Waals surface area contributed by atoms with Gasteiger partial charge in [0.25, 0.3) is 0 Å². The van der Waals surface area contributed by atoms with E-state index in [1.165, 1.54) is 4.90 Å². The van der Waals surface area contributed by atoms with Crippen LogP contribution in [0.1, 0.15) is 107 Å². The number of nitrogens with one attached hydrogen (secondary N) is 3. The van der Waals surface area contributed by atoms with Crippen LogP contribution in [0.2, 0.25) is 0 Å². The van der Waals surface area contributed by atoms with Crippen molar-refractivity contribution in [2.45, 2.75) is 136 Å². The summed E-state index contributed by atoms with van der Waals surface area (Å²) in [6.07, 6.45) is -0.884. The summed E-state index contributed by atoms with van der Waals surface area (Å²) in [5.41, 5.74) is -2.62. The van der Waals surface area contributed by atoms with Crippen LogP contribution in [0.3, 0.4) is 0 Å². The van der Waals surface area contributed by atoms with Crippen molar-refractivity contribution in [2.24, 2.45) is 0 Å². The van der Waals surface area contributed by atoms with Gasteiger partial charge in [0.1, 0.15) is 28.9 Å². The molecule has 2 atom stereocenters. The normalized spacial score (nSPS) is 14.5. The molecule has 0 aromatic heterocycles. The first-order valence-corrected chi connectivity index (χ1v) is 38.3. The Kier molecular flexibility index (Phi) is 50.9. The molecular formula is C76H119F8N7O24. The van der Waals surface area contributed by atoms with Crippen LogP contribution >= 0.6 is 0 Å². The number of esters is 5. The molecular weight excluding hydrogens is 1550 g/mol. The third-order valence-corrected chi connectivity index (χ3v) is 15.9. The summed E-state index contributed by atoms with van der Waals surface area (Å²) in [4.78, 5) is 114. The highest BCUT2D eigenvalue weighted by Crippen LogP contribution is 2.29. The van der Waals surface area contributed by atoms with Gasteiger partial charge in [-0.3, -0.25) is 53.2 Å². The minimum Gasteiger partial charge on any atom is -0.459 e. The lowest BCUT2D eigenvalue weighted by atomic mass is 10.1. The third kappa shape index (κ3) is 47.9. The van der Waals surface area contributed by atoms with Crippen LogP contribution < -0.4 is 25.4 Å². The van der Waals surface area contributed by atoms with Gasteiger partial charge in [0.05, 0.1) is 165 Å². The molecule has 0 aliphatic carbocycles. The van der Waals surface area contributed by atoms with E-state index in [4.69, 9.17) is 71.1 Å². The van der Waals surface area contributed by atoms with Crippen molar-refractivity contribution in [3.05, 3.63) is 58.7 Å². The van der Waals surface area contributed by atoms with Gasteiger partial charge in [0.2, 0.25) is 52.5 Å². The van der Waals surface area contributed by atoms with Crippen molar-refractivity contribution < 1.29 is 149 Å². The lowest BCUT2D eigenvalue weighted by Gasteiger charge is -2.36. The molecule has 1 aliphatic heterocycles. The number of rotatable bonds is 56. The molecule has 1 fully saturated rings. The Morgan fingerprint density at radius 1 is 0.374 bits per heavy atom. The van der Waals surface area contributed by atoms with Crippen molar-refractivity contribution in [2.75, 3.05) is 231 Å². The molecule has 1 saturated heterocycles. The second kappa shape index (κ2) is 57.2. The Hall–Kier alpha value is -6.96. The molecule has 2 aromatic carbocycles. The number of ether oxygens (including phenoxy) is 16. The van der Waals surface area contributed by atoms with Crippen molar-refractivity contribution in [3.63, 3.8) is 0 Å². The lowest BCUT2D eigenvalue weighted by Crippen LogP contribution is -2.53. The molecule has 3 N–H and O–H groups in total. The van der Waals surface area contributed by atoms with Crippen LogP contribution in [0, 0.1) is 46.5 Å². The predicted molar refractivity (Wildman–Crippen MR) is 396 cm³/mol. The Morgan fingerprint density at radius 3 is 1.09 bits per heavy atom. The van der Waals surface area contributed by atoms with Gasteiger partial charge in [-0.2, -0.15) is 17.6 Å². The molecule has 1 unspecified atom stereocenters. The fourth-order valence-corrected chi connectivity index (χ4v) is 10.5. The van der Waals surface area contributed by atoms with Crippen LogP contribution in [-0.4, -0.2) is 327 Å². The van der Waals surface area contributed by atoms with E-state index in [1.54, 1.807) is 84.1 Å². The molecule has 0 saturated carbocycles. The smallest absolute Gasteiger partial charge is 0.328 e. The summed E-state index contributed by atoms with van der Waals surface area (Å²) in [6.45, 7) is 19.4. The van der Waals surface area contributed by atoms with Crippen LogP contribution in [0.4, 0.5) is 35.1 Å². The van der Waals surface area contributed by atoms with Gasteiger partial charge in [-0.15, -0.1) is 0 Å². The van der Waals surface area contributed by atoms with E-state index in [-0.39, 0.29) is 209 Å². The SMILES string of the molecule is COCCOCCOCCOCCOCCOCCNC(=O)[C@@H](CCCCNC(=O)CCC(C(=O)Oc1c(F)c(F)cc(F)c1F)N1CCN(CC(=O)OC(C)(C)C)CCN(CC(=O)OC(C)(C)C)CCN(CC(=O)OC(C)(C)C)CC1)NC(=O)CCOCCOCCOCCOCCOCCC(=O)Oc1c(F)c(F)cc(F)c1F. The molecule has 3 amide bonds. The van der Waals surface area contributed by atoms with Gasteiger partial charge in [0.15, 0.2) is 23.3 Å². The molecule has 0 spiro atoms. The minimum atomic E-state index is -2.00. The summed E-state index contributed by atoms with van der Waals surface area (Å²) in [5, 5.41) is 8.27. The number of methoxy groups -OCH3 is 1. The highest BCUT2D eigenvalue weighted by molar-refractivity contribution is 5.87. The Morgan fingerprint density at radius 2 is 0.713 bits per heavy atom. The largest absolute Gasteiger partial charge is 0.459 e. The van der Waals surface area contributed by atoms with Gasteiger partial charge >= 0.3 is 29.8 Å². The average molecular weight is 1670 g/mol. The molecule has 115 heavy (non-hydrogen) atoms. The number of nitrogens with zero attached hydrogens (tertiary/aromatic N) is 4. The van der Waals surface area contributed by atoms with E-state index in [0.717, 1.165) is 0 Å². The van der Waals surface area contributed by atoms with Crippen LogP contribution in [0.25, 0.3) is 0 Å². The summed E-state index contributed by atoms with van der Waals surface area (Å²) >= 11 is 0. The fourth-order valence-electron chi connectivity index (χ4n) is 10.5. The molecule has 2 aromatic rings. The van der Waals surface area contributed by atoms with Gasteiger partial charge in [0, 0.05) is 97.5 Å². The van der Waals surface area contributed by atoms with Crippen molar-refractivity contribution >= 4 is 47.6 Å². The number of hydrogen-bond acceptors (Lipinski definition) is 28. The molecule has 0 bridgehead atoms. The van der Waals surface area contributed by atoms with Crippen molar-refractivity contribution in [3.8, 4) is 11.5 Å². The summed E-state index contributed by atoms with van der Waals surface area (Å²) in [6, 6.07) is -2.74. The number of benzene rings is 2. The van der Waals surface area contributed by atoms with Gasteiger partial charge in [-0.05, 0) is 88.0 Å². The van der Waals surface area contributed by atoms with Crippen LogP contribution in [0.15, 0.2) is 12.1 Å². The van der Waals surface area contributed by atoms with E-state index in [2.05, 4.69) is 20.7 Å². The second-order valence-corrected chi connectivity index (χ2v) is 29.0. The van der Waals surface area contributed by atoms with Crippen LogP contribution in [0.5, 0.6) is 11.5 Å². The number of unbranched alkanes of at least 4 members (excludes halogenated alkanes) is 1. The zero-order valence-electron chi connectivity index (χ0n) is 67.9. The van der Waals surface area contributed by atoms with Gasteiger partial charge in [-0.1, -0.05) is 0 Å². The number of hydrogen-bond donors (Lipinski definition) is 3. The first-order valence-electron chi connectivity index (χ1n) is 38.3. The topological polar surface area (TPSA) is 333 Å². The van der Waals surface area contributed by atoms with E-state index in [0.29, 0.717) is 52.9 Å². The summed E-state index contributed by atoms with van der Waals surface area (Å²) in [7, 11) is 1.59. The average Bonchev–Trinajstić information content (AvgIpc) is 0.818. The summed E-state index contributed by atoms with van der Waals surface area (Å²) in [5.74, 6) is -24.1. The second-order valence-electron chi connectivity index (χ2n) is 29.0. The Balaban J connectivity index is 1.65. The number of halogens is 8. The van der Waals surface area contributed by atoms with E-state index in [9.17, 15) is 64.7 Å². The zero-order valence-corrected chi connectivity index (χ0v) is 67.9. The molecule has 0 radical (unpaired) electrons. The first kappa shape index (κ1) is 102. The third-order valence-electron chi connectivity index (χ3n) is 15.9. The molecule has 658 valence electrons. The standard InChI is InChI=1S/C76H119F8N7O24/c1-74(2,3)113-63(95)51-88-20-22-89(52-64(96)114-75(4,5)6)24-26-91(27-25-90(23-21-88)53-65(97)115-76(7,8)9)59(73(99)112-71-68(83)56(79)50-57(80)69(71)84)14-15-60(92)85-18-12-11-13-58(72(98)86-19-30-103-35-38-107-43-46-110-48-47-108-40-39-104-32-31-100-10)87-61(93)16-28-101-33-36-105-41-44-109-45-42-106-37-34-102-29-17-62(94)111-70-66(81)54(77)49-55(78)67(70)82/h49-50,58-59H,11-48,51-53H2,1-10H3,(H,85,92)(H,86,98)(H,87,93)/t58-,59?/m1/s1. The van der Waals surface area contributed by atoms with Gasteiger partial charge in [-0.25, -0.2) is 22.4 Å². The Bertz CT molecular complexity index is 3110. The number of carbonyl (C=O) groups is 8. The predicted octanol–water partition coefficient (Wildman–Crippen LogP) is 5.19. The maximum absolute atomic E-state index is 15.3. The van der Waals surface area contributed by atoms with E-state index in [1.807, 2.05) is 0 Å². The van der Waals surface area contributed by atoms with Crippen molar-refractivity contribution in [1.82, 2.24) is 35.6 Å². The molecule has 1 aliphatic rings. The highest BCUT2D eigenvalue weighted by atomic mass is 19.2. The molecule has 1 heterocycles. The first-order chi connectivity index (χ1) is 54.6. The lowest BCUT2D eigenvalue weighted by molar-refractivity contribution is -0.158. The summed E-state index contributed by atoms with van der Waals surface area (Å²) < 4.78 is 200. The fraction of sp³-hybridized carbons (Fsp3) is 0.737. The van der Waals surface area contributed by atoms with Crippen molar-refractivity contribution in [1.29, 1.82) is 0 Å². The zero-order chi connectivity index (χ0) is 85.2. The van der Waals surface area contributed by atoms with E-state index >= 15 is 8.78 Å². The Labute approximate surface area is 667 Å². The number of amides is 3. The molecule has 3 rings (SSSR count). The highest BCUT2D eigenvalue weighted by Gasteiger charge is 2.35. The van der Waals surface area contributed by atoms with E-state index < -0.39 is 154 Å². The quantitative estimate of drug-likeness (QED) is 0.0192. The maximum atomic E-state index is 15.3. The minimum absolute atomic E-state index is 0.0104. The van der Waals surface area contributed by atoms with Crippen LogP contribution in [-0.2, 0) is 105 Å². The molecule has 31 nitrogen and oxygen atoms in total. The maximum Gasteiger partial charge on any atom is 0.328 e. The monoisotopic (exact) mass is 1670 g/mol. The molecule has 39 heteroatoms. The number of carbonyl (C=O) groups excluding carboxylic acids is 8. The van der Waals surface area contributed by atoms with Gasteiger partial charge < -0.3 is 91.7 Å².